The second-order valence-electron chi connectivity index (χ2n) is 6.13. The van der Waals surface area contributed by atoms with Crippen LogP contribution in [0.25, 0.3) is 0 Å². The second kappa shape index (κ2) is 7.67. The van der Waals surface area contributed by atoms with Gasteiger partial charge in [0, 0.05) is 37.5 Å². The number of nitro groups is 1. The Labute approximate surface area is 146 Å². The van der Waals surface area contributed by atoms with Gasteiger partial charge in [-0.05, 0) is 37.0 Å². The van der Waals surface area contributed by atoms with Crippen molar-refractivity contribution in [2.24, 2.45) is 0 Å². The molecule has 0 amide bonds. The van der Waals surface area contributed by atoms with Crippen molar-refractivity contribution in [3.05, 3.63) is 63.7 Å². The Morgan fingerprint density at radius 1 is 1.16 bits per heavy atom. The number of hydrogen-bond donors (Lipinski definition) is 1. The summed E-state index contributed by atoms with van der Waals surface area (Å²) in [6.07, 6.45) is 3.70. The highest BCUT2D eigenvalue weighted by Crippen LogP contribution is 2.26. The number of para-hydroxylation sites is 1. The van der Waals surface area contributed by atoms with Crippen LogP contribution in [0.15, 0.2) is 42.5 Å². The zero-order valence-corrected chi connectivity index (χ0v) is 13.9. The van der Waals surface area contributed by atoms with Crippen LogP contribution in [0.3, 0.4) is 0 Å². The van der Waals surface area contributed by atoms with Gasteiger partial charge in [0.25, 0.3) is 5.69 Å². The number of hydrogen-bond acceptors (Lipinski definition) is 5. The lowest BCUT2D eigenvalue weighted by atomic mass is 10.1. The fraction of sp³-hybridized carbons (Fsp3) is 0.316. The molecule has 1 aliphatic rings. The van der Waals surface area contributed by atoms with E-state index in [0.717, 1.165) is 18.7 Å². The summed E-state index contributed by atoms with van der Waals surface area (Å²) in [6, 6.07) is 14.6. The highest BCUT2D eigenvalue weighted by molar-refractivity contribution is 5.62. The summed E-state index contributed by atoms with van der Waals surface area (Å²) in [5.41, 5.74) is 3.20. The van der Waals surface area contributed by atoms with Crippen LogP contribution in [0.1, 0.15) is 30.4 Å². The van der Waals surface area contributed by atoms with Crippen LogP contribution in [0, 0.1) is 21.4 Å². The number of nitrogens with one attached hydrogen (secondary N) is 1. The first-order valence-electron chi connectivity index (χ1n) is 8.44. The molecule has 2 aromatic rings. The first-order valence-corrected chi connectivity index (χ1v) is 8.44. The number of anilines is 2. The fourth-order valence-corrected chi connectivity index (χ4v) is 3.19. The Balaban J connectivity index is 1.78. The number of piperidine rings is 1. The van der Waals surface area contributed by atoms with E-state index in [0.29, 0.717) is 12.2 Å². The summed E-state index contributed by atoms with van der Waals surface area (Å²) in [4.78, 5) is 12.8. The van der Waals surface area contributed by atoms with Gasteiger partial charge in [-0.2, -0.15) is 5.26 Å². The van der Waals surface area contributed by atoms with Crippen molar-refractivity contribution in [1.29, 1.82) is 5.26 Å². The smallest absolute Gasteiger partial charge is 0.270 e. The van der Waals surface area contributed by atoms with Crippen molar-refractivity contribution in [1.82, 2.24) is 0 Å². The minimum atomic E-state index is -0.490. The van der Waals surface area contributed by atoms with E-state index in [2.05, 4.69) is 22.3 Å². The number of non-ortho nitro benzene ring substituents is 1. The number of nitro benzene ring substituents is 1. The molecule has 0 unspecified atom stereocenters. The van der Waals surface area contributed by atoms with Crippen molar-refractivity contribution in [2.75, 3.05) is 23.3 Å². The standard InChI is InChI=1S/C19H20N4O2/c20-13-16-12-17(23(24)25)8-9-18(16)21-14-15-6-2-3-7-19(15)22-10-4-1-5-11-22/h2-3,6-9,12,21H,1,4-5,10-11,14H2. The molecule has 0 aromatic heterocycles. The predicted octanol–water partition coefficient (Wildman–Crippen LogP) is 4.07. The largest absolute Gasteiger partial charge is 0.380 e. The maximum atomic E-state index is 10.8. The van der Waals surface area contributed by atoms with Gasteiger partial charge in [-0.15, -0.1) is 0 Å². The topological polar surface area (TPSA) is 82.2 Å². The van der Waals surface area contributed by atoms with Crippen LogP contribution in [0.4, 0.5) is 17.1 Å². The summed E-state index contributed by atoms with van der Waals surface area (Å²) < 4.78 is 0. The molecule has 1 saturated heterocycles. The van der Waals surface area contributed by atoms with Crippen LogP contribution in [-0.4, -0.2) is 18.0 Å². The summed E-state index contributed by atoms with van der Waals surface area (Å²) in [5, 5.41) is 23.4. The van der Waals surface area contributed by atoms with Crippen LogP contribution < -0.4 is 10.2 Å². The van der Waals surface area contributed by atoms with E-state index in [-0.39, 0.29) is 11.3 Å². The Kier molecular flexibility index (Phi) is 5.14. The maximum absolute atomic E-state index is 10.8. The van der Waals surface area contributed by atoms with E-state index < -0.39 is 4.92 Å². The normalized spacial score (nSPS) is 14.0. The van der Waals surface area contributed by atoms with Crippen LogP contribution in [0.5, 0.6) is 0 Å². The van der Waals surface area contributed by atoms with Crippen molar-refractivity contribution in [3.8, 4) is 6.07 Å². The molecular formula is C19H20N4O2. The molecule has 3 rings (SSSR count). The fourth-order valence-electron chi connectivity index (χ4n) is 3.19. The van der Waals surface area contributed by atoms with Crippen LogP contribution in [0.2, 0.25) is 0 Å². The molecule has 0 atom stereocenters. The predicted molar refractivity (Wildman–Crippen MR) is 97.6 cm³/mol. The van der Waals surface area contributed by atoms with E-state index in [9.17, 15) is 15.4 Å². The molecule has 128 valence electrons. The van der Waals surface area contributed by atoms with Crippen molar-refractivity contribution >= 4 is 17.1 Å². The Morgan fingerprint density at radius 3 is 2.64 bits per heavy atom. The number of rotatable bonds is 5. The minimum absolute atomic E-state index is 0.0733. The van der Waals surface area contributed by atoms with Crippen LogP contribution >= 0.6 is 0 Å². The summed E-state index contributed by atoms with van der Waals surface area (Å²) >= 11 is 0. The lowest BCUT2D eigenvalue weighted by molar-refractivity contribution is -0.384. The quantitative estimate of drug-likeness (QED) is 0.657. The average Bonchev–Trinajstić information content (AvgIpc) is 2.67. The SMILES string of the molecule is N#Cc1cc([N+](=O)[O-])ccc1NCc1ccccc1N1CCCCC1. The molecule has 0 spiro atoms. The first-order chi connectivity index (χ1) is 12.2. The first kappa shape index (κ1) is 16.8. The molecule has 1 aliphatic heterocycles. The van der Waals surface area contributed by atoms with E-state index in [1.165, 1.54) is 37.1 Å². The van der Waals surface area contributed by atoms with Gasteiger partial charge in [-0.1, -0.05) is 18.2 Å². The molecule has 6 heteroatoms. The third-order valence-corrected chi connectivity index (χ3v) is 4.49. The lowest BCUT2D eigenvalue weighted by Crippen LogP contribution is -2.30. The van der Waals surface area contributed by atoms with Gasteiger partial charge in [-0.25, -0.2) is 0 Å². The molecule has 25 heavy (non-hydrogen) atoms. The van der Waals surface area contributed by atoms with Gasteiger partial charge in [0.2, 0.25) is 0 Å². The molecule has 1 fully saturated rings. The molecule has 0 saturated carbocycles. The summed E-state index contributed by atoms with van der Waals surface area (Å²) in [7, 11) is 0. The molecular weight excluding hydrogens is 316 g/mol. The number of benzene rings is 2. The Morgan fingerprint density at radius 2 is 1.92 bits per heavy atom. The molecule has 1 heterocycles. The molecule has 2 aromatic carbocycles. The van der Waals surface area contributed by atoms with E-state index >= 15 is 0 Å². The van der Waals surface area contributed by atoms with Gasteiger partial charge < -0.3 is 10.2 Å². The zero-order valence-electron chi connectivity index (χ0n) is 13.9. The summed E-state index contributed by atoms with van der Waals surface area (Å²) in [5.74, 6) is 0. The monoisotopic (exact) mass is 336 g/mol. The highest BCUT2D eigenvalue weighted by atomic mass is 16.6. The number of nitriles is 1. The van der Waals surface area contributed by atoms with E-state index in [1.807, 2.05) is 18.2 Å². The molecule has 1 N–H and O–H groups in total. The highest BCUT2D eigenvalue weighted by Gasteiger charge is 2.15. The van der Waals surface area contributed by atoms with E-state index in [1.54, 1.807) is 6.07 Å². The molecule has 0 radical (unpaired) electrons. The zero-order chi connectivity index (χ0) is 17.6. The second-order valence-corrected chi connectivity index (χ2v) is 6.13. The Bertz CT molecular complexity index is 807. The lowest BCUT2D eigenvalue weighted by Gasteiger charge is -2.30. The average molecular weight is 336 g/mol. The van der Waals surface area contributed by atoms with Gasteiger partial charge in [0.15, 0.2) is 0 Å². The molecule has 0 aliphatic carbocycles. The minimum Gasteiger partial charge on any atom is -0.380 e. The third-order valence-electron chi connectivity index (χ3n) is 4.49. The van der Waals surface area contributed by atoms with Crippen LogP contribution in [-0.2, 0) is 6.54 Å². The molecule has 0 bridgehead atoms. The maximum Gasteiger partial charge on any atom is 0.270 e. The van der Waals surface area contributed by atoms with Gasteiger partial charge in [-0.3, -0.25) is 10.1 Å². The third kappa shape index (κ3) is 3.89. The molecule has 6 nitrogen and oxygen atoms in total. The van der Waals surface area contributed by atoms with Gasteiger partial charge in [0.1, 0.15) is 6.07 Å². The Hall–Kier alpha value is -3.07. The van der Waals surface area contributed by atoms with E-state index in [4.69, 9.17) is 0 Å². The van der Waals surface area contributed by atoms with Gasteiger partial charge in [0.05, 0.1) is 16.2 Å². The van der Waals surface area contributed by atoms with Gasteiger partial charge >= 0.3 is 0 Å². The van der Waals surface area contributed by atoms with Crippen molar-refractivity contribution < 1.29 is 4.92 Å². The van der Waals surface area contributed by atoms with Crippen molar-refractivity contribution in [3.63, 3.8) is 0 Å². The van der Waals surface area contributed by atoms with Crippen molar-refractivity contribution in [2.45, 2.75) is 25.8 Å². The summed E-state index contributed by atoms with van der Waals surface area (Å²) in [6.45, 7) is 2.70. The number of nitrogens with zero attached hydrogens (tertiary/aromatic N) is 3.